The number of carbonyl (C=O) groups is 6. The molecule has 0 fully saturated rings. The largest absolute Gasteiger partial charge is 0.324 e. The number of ketones is 2. The van der Waals surface area contributed by atoms with Crippen molar-refractivity contribution < 1.29 is 28.8 Å². The molecule has 4 N–H and O–H groups in total. The average molecular weight is 979 g/mol. The van der Waals surface area contributed by atoms with Crippen LogP contribution in [0.4, 0.5) is 34.1 Å². The van der Waals surface area contributed by atoms with Crippen LogP contribution < -0.4 is 21.3 Å². The molecule has 0 aliphatic heterocycles. The molecule has 0 heterocycles. The second-order valence-electron chi connectivity index (χ2n) is 14.3. The molecule has 0 aliphatic carbocycles. The lowest BCUT2D eigenvalue weighted by Gasteiger charge is -2.15. The third-order valence-electron chi connectivity index (χ3n) is 9.42. The third kappa shape index (κ3) is 14.5. The van der Waals surface area contributed by atoms with Crippen LogP contribution in [0.5, 0.6) is 0 Å². The van der Waals surface area contributed by atoms with Crippen LogP contribution in [0.1, 0.15) is 51.3 Å². The van der Waals surface area contributed by atoms with Crippen LogP contribution >= 0.6 is 58.0 Å². The summed E-state index contributed by atoms with van der Waals surface area (Å²) in [6, 6.07) is 24.3. The number of azo groups is 2. The van der Waals surface area contributed by atoms with E-state index in [4.69, 9.17) is 58.0 Å². The van der Waals surface area contributed by atoms with E-state index >= 15 is 0 Å². The van der Waals surface area contributed by atoms with E-state index in [1.165, 1.54) is 62.4 Å². The Labute approximate surface area is 399 Å². The van der Waals surface area contributed by atoms with Crippen LogP contribution in [0.2, 0.25) is 10.0 Å². The summed E-state index contributed by atoms with van der Waals surface area (Å²) in [6.45, 7) is 2.36. The van der Waals surface area contributed by atoms with Gasteiger partial charge in [-0.15, -0.1) is 34.8 Å². The minimum absolute atomic E-state index is 0.0889. The zero-order chi connectivity index (χ0) is 47.0. The van der Waals surface area contributed by atoms with Crippen molar-refractivity contribution in [2.24, 2.45) is 20.5 Å². The smallest absolute Gasteiger partial charge is 0.258 e. The number of rotatable bonds is 20. The van der Waals surface area contributed by atoms with Gasteiger partial charge in [0.05, 0.1) is 32.5 Å². The molecule has 0 saturated carbocycles. The maximum Gasteiger partial charge on any atom is 0.258 e. The summed E-state index contributed by atoms with van der Waals surface area (Å²) >= 11 is 30.4. The number of halogens is 5. The molecule has 0 spiro atoms. The number of benzene rings is 5. The summed E-state index contributed by atoms with van der Waals surface area (Å²) in [4.78, 5) is 78.3. The number of hydrogen-bond donors (Lipinski definition) is 4. The van der Waals surface area contributed by atoms with Crippen LogP contribution in [0.3, 0.4) is 0 Å². The number of carbonyl (C=O) groups excluding carboxylic acids is 6. The molecule has 0 aromatic heterocycles. The fourth-order valence-electron chi connectivity index (χ4n) is 6.02. The van der Waals surface area contributed by atoms with Gasteiger partial charge in [0.2, 0.25) is 12.1 Å². The molecule has 5 aromatic carbocycles. The van der Waals surface area contributed by atoms with Gasteiger partial charge in [0.25, 0.3) is 23.6 Å². The summed E-state index contributed by atoms with van der Waals surface area (Å²) in [5.74, 6) is -2.83. The summed E-state index contributed by atoms with van der Waals surface area (Å²) in [5.41, 5.74) is 4.57. The molecule has 0 bridgehead atoms. The Morgan fingerprint density at radius 1 is 0.492 bits per heavy atom. The lowest BCUT2D eigenvalue weighted by molar-refractivity contribution is -0.127. The average Bonchev–Trinajstić information content (AvgIpc) is 3.27. The van der Waals surface area contributed by atoms with Crippen molar-refractivity contribution in [3.63, 3.8) is 0 Å². The van der Waals surface area contributed by atoms with E-state index in [1.54, 1.807) is 30.3 Å². The molecule has 0 radical (unpaired) electrons. The fraction of sp³-hybridized carbons (Fsp3) is 0.217. The summed E-state index contributed by atoms with van der Waals surface area (Å²) in [6.07, 6.45) is 1.59. The number of amides is 4. The predicted octanol–water partition coefficient (Wildman–Crippen LogP) is 11.2. The monoisotopic (exact) mass is 976 g/mol. The van der Waals surface area contributed by atoms with Crippen molar-refractivity contribution in [1.29, 1.82) is 0 Å². The molecule has 19 heteroatoms. The normalized spacial score (nSPS) is 12.1. The summed E-state index contributed by atoms with van der Waals surface area (Å²) < 4.78 is 0. The van der Waals surface area contributed by atoms with Gasteiger partial charge in [0.1, 0.15) is 0 Å². The zero-order valence-electron chi connectivity index (χ0n) is 34.8. The quantitative estimate of drug-likeness (QED) is 0.0340. The molecule has 0 aliphatic rings. The number of nitrogens with one attached hydrogen (secondary N) is 4. The first kappa shape index (κ1) is 50.0. The molecule has 2 unspecified atom stereocenters. The first-order valence-corrected chi connectivity index (χ1v) is 22.2. The molecular formula is C46H41Cl5N8O6. The highest BCUT2D eigenvalue weighted by molar-refractivity contribution is 6.35. The van der Waals surface area contributed by atoms with Gasteiger partial charge in [0.15, 0.2) is 11.6 Å². The van der Waals surface area contributed by atoms with Gasteiger partial charge >= 0.3 is 0 Å². The second-order valence-corrected chi connectivity index (χ2v) is 16.2. The highest BCUT2D eigenvalue weighted by atomic mass is 35.5. The fourth-order valence-corrected chi connectivity index (χ4v) is 7.07. The second kappa shape index (κ2) is 24.3. The van der Waals surface area contributed by atoms with Gasteiger partial charge in [0, 0.05) is 40.4 Å². The van der Waals surface area contributed by atoms with Crippen LogP contribution in [-0.4, -0.2) is 64.9 Å². The van der Waals surface area contributed by atoms with Gasteiger partial charge in [-0.25, -0.2) is 0 Å². The number of hydrogen-bond acceptors (Lipinski definition) is 10. The Kier molecular flexibility index (Phi) is 18.7. The lowest BCUT2D eigenvalue weighted by Crippen LogP contribution is -2.32. The molecule has 14 nitrogen and oxygen atoms in total. The van der Waals surface area contributed by atoms with E-state index in [9.17, 15) is 28.8 Å². The number of nitrogens with zero attached hydrogens (tertiary/aromatic N) is 4. The lowest BCUT2D eigenvalue weighted by atomic mass is 10.1. The van der Waals surface area contributed by atoms with E-state index < -0.39 is 47.3 Å². The van der Waals surface area contributed by atoms with Gasteiger partial charge in [-0.3, -0.25) is 28.8 Å². The Morgan fingerprint density at radius 3 is 1.32 bits per heavy atom. The number of aryl methyl sites for hydroxylation is 3. The highest BCUT2D eigenvalue weighted by Gasteiger charge is 2.26. The van der Waals surface area contributed by atoms with Gasteiger partial charge in [-0.05, 0) is 129 Å². The molecule has 5 aromatic rings. The van der Waals surface area contributed by atoms with Crippen LogP contribution in [0.25, 0.3) is 0 Å². The van der Waals surface area contributed by atoms with Crippen molar-refractivity contribution in [1.82, 2.24) is 0 Å². The first-order valence-electron chi connectivity index (χ1n) is 19.8. The van der Waals surface area contributed by atoms with Crippen LogP contribution in [0.15, 0.2) is 124 Å². The molecule has 5 rings (SSSR count). The standard InChI is InChI=1S/C46H41Cl5N8O6/c1-26(60)41(58-56-34-11-14-38(50)36(24-34)43(62)52-31-7-3-28(4-8-31)17-20-47)45(64)54-33-13-16-40(30(23-33)19-22-49)55-46(65)42(27(2)61)59-57-35-12-15-39(51)37(25-35)44(63)53-32-9-5-29(6-10-32)18-21-48/h3-16,23-25,41-42H,17-22H2,1-2H3,(H,52,62)(H,53,63)(H,54,64)(H,55,65). The zero-order valence-corrected chi connectivity index (χ0v) is 38.6. The van der Waals surface area contributed by atoms with Crippen molar-refractivity contribution in [3.05, 3.63) is 141 Å². The molecule has 4 amide bonds. The number of Topliss-reactive ketones (excluding diaryl/α,β-unsaturated/α-hetero) is 2. The number of alkyl halides is 3. The van der Waals surface area contributed by atoms with Crippen molar-refractivity contribution in [2.75, 3.05) is 38.9 Å². The summed E-state index contributed by atoms with van der Waals surface area (Å²) in [7, 11) is 0. The Balaban J connectivity index is 1.25. The van der Waals surface area contributed by atoms with Gasteiger partial charge in [-0.2, -0.15) is 20.5 Å². The Morgan fingerprint density at radius 2 is 0.908 bits per heavy atom. The first-order chi connectivity index (χ1) is 31.2. The minimum atomic E-state index is -1.58. The van der Waals surface area contributed by atoms with E-state index in [0.29, 0.717) is 41.5 Å². The van der Waals surface area contributed by atoms with Gasteiger partial charge < -0.3 is 21.3 Å². The predicted molar refractivity (Wildman–Crippen MR) is 257 cm³/mol. The van der Waals surface area contributed by atoms with E-state index in [1.807, 2.05) is 24.3 Å². The van der Waals surface area contributed by atoms with Crippen molar-refractivity contribution in [3.8, 4) is 0 Å². The van der Waals surface area contributed by atoms with Crippen LogP contribution in [0, 0.1) is 0 Å². The molecule has 336 valence electrons. The maximum atomic E-state index is 13.5. The van der Waals surface area contributed by atoms with E-state index in [0.717, 1.165) is 11.1 Å². The Bertz CT molecular complexity index is 2630. The van der Waals surface area contributed by atoms with E-state index in [2.05, 4.69) is 41.7 Å². The van der Waals surface area contributed by atoms with Crippen molar-refractivity contribution >= 4 is 127 Å². The van der Waals surface area contributed by atoms with Crippen LogP contribution in [-0.2, 0) is 38.4 Å². The molecule has 2 atom stereocenters. The van der Waals surface area contributed by atoms with E-state index in [-0.39, 0.29) is 56.2 Å². The molecule has 0 saturated heterocycles. The third-order valence-corrected chi connectivity index (χ3v) is 10.6. The molecular weight excluding hydrogens is 938 g/mol. The van der Waals surface area contributed by atoms with Crippen molar-refractivity contribution in [2.45, 2.75) is 45.2 Å². The SMILES string of the molecule is CC(=O)C(N=Nc1ccc(Cl)c(C(=O)Nc2ccc(CCCl)cc2)c1)C(=O)Nc1ccc(NC(=O)C(N=Nc2ccc(Cl)c(C(=O)Nc3ccc(CCCl)cc3)c2)C(C)=O)c(CCCl)c1. The summed E-state index contributed by atoms with van der Waals surface area (Å²) in [5, 5.41) is 27.3. The van der Waals surface area contributed by atoms with Gasteiger partial charge in [-0.1, -0.05) is 47.5 Å². The molecule has 65 heavy (non-hydrogen) atoms. The highest BCUT2D eigenvalue weighted by Crippen LogP contribution is 2.28. The Hall–Kier alpha value is -6.03. The number of anilines is 4. The minimum Gasteiger partial charge on any atom is -0.324 e. The maximum absolute atomic E-state index is 13.5. The topological polar surface area (TPSA) is 200 Å².